The van der Waals surface area contributed by atoms with Crippen LogP contribution in [0, 0.1) is 17.1 Å². The van der Waals surface area contributed by atoms with Crippen LogP contribution >= 0.6 is 11.3 Å². The minimum atomic E-state index is -0.326. The van der Waals surface area contributed by atoms with Crippen molar-refractivity contribution < 1.29 is 9.18 Å². The van der Waals surface area contributed by atoms with Gasteiger partial charge in [0.25, 0.3) is 0 Å². The fourth-order valence-corrected chi connectivity index (χ4v) is 3.70. The Morgan fingerprint density at radius 1 is 1.15 bits per heavy atom. The number of nitrogens with one attached hydrogen (secondary N) is 1. The Morgan fingerprint density at radius 3 is 2.81 bits per heavy atom. The summed E-state index contributed by atoms with van der Waals surface area (Å²) in [4.78, 5) is 13.9. The molecule has 0 bridgehead atoms. The molecule has 1 N–H and O–H groups in total. The molecule has 1 amide bonds. The average Bonchev–Trinajstić information content (AvgIpc) is 3.05. The third-order valence-corrected chi connectivity index (χ3v) is 4.97. The summed E-state index contributed by atoms with van der Waals surface area (Å²) in [6.45, 7) is 0. The van der Waals surface area contributed by atoms with E-state index < -0.39 is 0 Å². The highest BCUT2D eigenvalue weighted by molar-refractivity contribution is 7.14. The number of thiophene rings is 1. The fraction of sp³-hybridized carbons (Fsp3) is 0. The summed E-state index contributed by atoms with van der Waals surface area (Å²) < 4.78 is 14.1. The van der Waals surface area contributed by atoms with E-state index in [1.165, 1.54) is 23.5 Å². The predicted octanol–water partition coefficient (Wildman–Crippen LogP) is 5.03. The molecule has 1 aliphatic rings. The van der Waals surface area contributed by atoms with Gasteiger partial charge in [-0.05, 0) is 35.2 Å². The molecule has 0 radical (unpaired) electrons. The maximum Gasteiger partial charge on any atom is 0.249 e. The zero-order valence-electron chi connectivity index (χ0n) is 13.4. The van der Waals surface area contributed by atoms with Crippen LogP contribution in [-0.4, -0.2) is 5.91 Å². The van der Waals surface area contributed by atoms with Crippen LogP contribution in [0.4, 0.5) is 20.8 Å². The van der Waals surface area contributed by atoms with Crippen molar-refractivity contribution in [1.82, 2.24) is 0 Å². The molecule has 0 spiro atoms. The van der Waals surface area contributed by atoms with Gasteiger partial charge in [-0.2, -0.15) is 5.26 Å². The third kappa shape index (κ3) is 2.75. The number of fused-ring (bicyclic) bond motifs is 1. The maximum atomic E-state index is 14.1. The Labute approximate surface area is 153 Å². The van der Waals surface area contributed by atoms with Gasteiger partial charge < -0.3 is 10.2 Å². The normalized spacial score (nSPS) is 12.9. The number of hydrogen-bond acceptors (Lipinski definition) is 4. The Hall–Kier alpha value is -3.43. The number of benzene rings is 2. The van der Waals surface area contributed by atoms with Crippen molar-refractivity contribution >= 4 is 33.6 Å². The molecule has 1 aliphatic heterocycles. The van der Waals surface area contributed by atoms with Gasteiger partial charge in [-0.25, -0.2) is 4.39 Å². The van der Waals surface area contributed by atoms with E-state index in [4.69, 9.17) is 0 Å². The summed E-state index contributed by atoms with van der Waals surface area (Å²) >= 11 is 1.41. The Balaban J connectivity index is 1.86. The van der Waals surface area contributed by atoms with Crippen LogP contribution in [-0.2, 0) is 4.79 Å². The molecule has 3 aromatic rings. The van der Waals surface area contributed by atoms with E-state index in [1.54, 1.807) is 47.5 Å². The monoisotopic (exact) mass is 361 g/mol. The fourth-order valence-electron chi connectivity index (χ4n) is 2.86. The highest BCUT2D eigenvalue weighted by atomic mass is 32.1. The minimum Gasteiger partial charge on any atom is -0.321 e. The smallest absolute Gasteiger partial charge is 0.249 e. The number of carbonyl (C=O) groups excluding carboxylic acids is 1. The lowest BCUT2D eigenvalue weighted by Crippen LogP contribution is -2.09. The van der Waals surface area contributed by atoms with Crippen molar-refractivity contribution in [3.63, 3.8) is 0 Å². The van der Waals surface area contributed by atoms with Crippen LogP contribution in [0.15, 0.2) is 66.2 Å². The summed E-state index contributed by atoms with van der Waals surface area (Å²) in [5.74, 6) is -0.609. The standard InChI is InChI=1S/C20H12FN3OS/c21-16-4-2-1-3-15(16)13-5-6-18-17(11-13)23-19(25)7-9-24(18)20-14(12-22)8-10-26-20/h1-11H,(H,23,25). The number of anilines is 3. The number of nitrogens with zero attached hydrogens (tertiary/aromatic N) is 2. The van der Waals surface area contributed by atoms with E-state index in [0.717, 1.165) is 5.00 Å². The lowest BCUT2D eigenvalue weighted by atomic mass is 10.0. The molecule has 0 saturated heterocycles. The Morgan fingerprint density at radius 2 is 2.00 bits per heavy atom. The Bertz CT molecular complexity index is 1080. The second kappa shape index (κ2) is 6.47. The molecule has 2 aromatic carbocycles. The van der Waals surface area contributed by atoms with Crippen molar-refractivity contribution in [3.8, 4) is 17.2 Å². The van der Waals surface area contributed by atoms with Crippen LogP contribution in [0.2, 0.25) is 0 Å². The van der Waals surface area contributed by atoms with Gasteiger partial charge in [0, 0.05) is 17.8 Å². The second-order valence-electron chi connectivity index (χ2n) is 5.64. The average molecular weight is 361 g/mol. The molecule has 4 nitrogen and oxygen atoms in total. The summed E-state index contributed by atoms with van der Waals surface area (Å²) in [6, 6.07) is 15.7. The highest BCUT2D eigenvalue weighted by Crippen LogP contribution is 2.40. The summed E-state index contributed by atoms with van der Waals surface area (Å²) in [7, 11) is 0. The molecule has 126 valence electrons. The first kappa shape index (κ1) is 16.1. The van der Waals surface area contributed by atoms with Crippen molar-refractivity contribution in [2.75, 3.05) is 10.2 Å². The molecule has 4 rings (SSSR count). The van der Waals surface area contributed by atoms with Crippen molar-refractivity contribution in [2.45, 2.75) is 0 Å². The molecule has 0 aliphatic carbocycles. The van der Waals surface area contributed by atoms with Crippen molar-refractivity contribution in [1.29, 1.82) is 5.26 Å². The lowest BCUT2D eigenvalue weighted by Gasteiger charge is -2.21. The molecule has 0 saturated carbocycles. The molecule has 6 heteroatoms. The number of halogens is 1. The van der Waals surface area contributed by atoms with Gasteiger partial charge in [0.15, 0.2) is 0 Å². The molecule has 0 unspecified atom stereocenters. The second-order valence-corrected chi connectivity index (χ2v) is 6.53. The number of amides is 1. The van der Waals surface area contributed by atoms with Crippen LogP contribution < -0.4 is 10.2 Å². The van der Waals surface area contributed by atoms with Crippen LogP contribution in [0.25, 0.3) is 11.1 Å². The highest BCUT2D eigenvalue weighted by Gasteiger charge is 2.20. The van der Waals surface area contributed by atoms with Crippen LogP contribution in [0.5, 0.6) is 0 Å². The molecular formula is C20H12FN3OS. The topological polar surface area (TPSA) is 56.1 Å². The third-order valence-electron chi connectivity index (χ3n) is 4.06. The largest absolute Gasteiger partial charge is 0.321 e. The van der Waals surface area contributed by atoms with Crippen molar-refractivity contribution in [3.05, 3.63) is 77.6 Å². The van der Waals surface area contributed by atoms with Gasteiger partial charge in [0.2, 0.25) is 5.91 Å². The van der Waals surface area contributed by atoms with E-state index in [0.29, 0.717) is 28.1 Å². The van der Waals surface area contributed by atoms with Gasteiger partial charge in [0.1, 0.15) is 16.9 Å². The predicted molar refractivity (Wildman–Crippen MR) is 101 cm³/mol. The van der Waals surface area contributed by atoms with E-state index in [9.17, 15) is 14.4 Å². The first-order valence-corrected chi connectivity index (χ1v) is 8.70. The van der Waals surface area contributed by atoms with Crippen LogP contribution in [0.1, 0.15) is 5.56 Å². The molecule has 2 heterocycles. The molecule has 0 atom stereocenters. The first-order valence-electron chi connectivity index (χ1n) is 7.82. The number of carbonyl (C=O) groups is 1. The molecule has 26 heavy (non-hydrogen) atoms. The van der Waals surface area contributed by atoms with Gasteiger partial charge in [-0.1, -0.05) is 24.3 Å². The molecule has 0 fully saturated rings. The van der Waals surface area contributed by atoms with E-state index in [-0.39, 0.29) is 11.7 Å². The number of rotatable bonds is 2. The summed E-state index contributed by atoms with van der Waals surface area (Å²) in [5.41, 5.74) is 2.92. The Kier molecular flexibility index (Phi) is 3.99. The summed E-state index contributed by atoms with van der Waals surface area (Å²) in [5, 5.41) is 14.7. The lowest BCUT2D eigenvalue weighted by molar-refractivity contribution is -0.111. The van der Waals surface area contributed by atoms with Gasteiger partial charge in [-0.15, -0.1) is 11.3 Å². The number of hydrogen-bond donors (Lipinski definition) is 1. The van der Waals surface area contributed by atoms with Crippen molar-refractivity contribution in [2.24, 2.45) is 0 Å². The number of nitriles is 1. The van der Waals surface area contributed by atoms with Crippen LogP contribution in [0.3, 0.4) is 0 Å². The minimum absolute atomic E-state index is 0.283. The van der Waals surface area contributed by atoms with E-state index in [1.807, 2.05) is 11.4 Å². The summed E-state index contributed by atoms with van der Waals surface area (Å²) in [6.07, 6.45) is 3.04. The molecular weight excluding hydrogens is 349 g/mol. The zero-order valence-corrected chi connectivity index (χ0v) is 14.3. The molecule has 1 aromatic heterocycles. The van der Waals surface area contributed by atoms with Gasteiger partial charge in [0.05, 0.1) is 16.9 Å². The first-order chi connectivity index (χ1) is 12.7. The van der Waals surface area contributed by atoms with E-state index in [2.05, 4.69) is 11.4 Å². The van der Waals surface area contributed by atoms with Gasteiger partial charge >= 0.3 is 0 Å². The SMILES string of the molecule is N#Cc1ccsc1N1C=CC(=O)Nc2cc(-c3ccccc3F)ccc21. The quantitative estimate of drug-likeness (QED) is 0.696. The van der Waals surface area contributed by atoms with Gasteiger partial charge in [-0.3, -0.25) is 4.79 Å². The zero-order chi connectivity index (χ0) is 18.1. The maximum absolute atomic E-state index is 14.1. The van der Waals surface area contributed by atoms with E-state index >= 15 is 0 Å².